The van der Waals surface area contributed by atoms with Crippen molar-refractivity contribution >= 4 is 17.9 Å². The van der Waals surface area contributed by atoms with E-state index in [1.807, 2.05) is 0 Å². The van der Waals surface area contributed by atoms with Crippen LogP contribution in [0.5, 0.6) is 0 Å². The van der Waals surface area contributed by atoms with Crippen LogP contribution in [0.25, 0.3) is 6.15 Å². The van der Waals surface area contributed by atoms with E-state index in [9.17, 15) is 14.4 Å². The van der Waals surface area contributed by atoms with Crippen LogP contribution >= 0.6 is 0 Å². The largest absolute Gasteiger partial charge is 1.00 e. The van der Waals surface area contributed by atoms with Gasteiger partial charge in [-0.25, -0.2) is 4.79 Å². The van der Waals surface area contributed by atoms with E-state index in [0.29, 0.717) is 12.8 Å². The van der Waals surface area contributed by atoms with Crippen molar-refractivity contribution in [1.29, 1.82) is 0 Å². The summed E-state index contributed by atoms with van der Waals surface area (Å²) in [6, 6.07) is 0. The molecule has 0 aliphatic carbocycles. The molecule has 0 radical (unpaired) electrons. The monoisotopic (exact) mass is 1800 g/mol. The van der Waals surface area contributed by atoms with Crippen LogP contribution in [-0.2, 0) is 14.4 Å². The average Bonchev–Trinajstić information content (AvgIpc) is 1.06. The molecule has 0 rings (SSSR count). The fraction of sp³-hybridized carbons (Fsp3) is 0.750. The quantitative estimate of drug-likeness (QED) is 0.00875. The molecule has 0 spiro atoms. The number of isocyanates is 1. The molecular weight excluding hydrogens is 1770 g/mol. The van der Waals surface area contributed by atoms with Gasteiger partial charge in [-0.1, -0.05) is 18.1 Å². The molecule has 0 saturated carbocycles. The molecule has 0 heterocycles. The van der Waals surface area contributed by atoms with Gasteiger partial charge in [0.25, 0.3) is 6.08 Å². The maximum absolute atomic E-state index is 10.8. The molecule has 0 aliphatic rings. The van der Waals surface area contributed by atoms with Crippen molar-refractivity contribution in [2.24, 2.45) is 560 Å². The zero-order chi connectivity index (χ0) is 89.8. The van der Waals surface area contributed by atoms with Gasteiger partial charge in [-0.15, -0.1) is 0 Å². The topological polar surface area (TPSA) is 1460 Å². The summed E-state index contributed by atoms with van der Waals surface area (Å²) in [4.78, 5) is 31.3. The summed E-state index contributed by atoms with van der Waals surface area (Å²) in [5.74, 6) is 4.82. The molecule has 0 atom stereocenters. The van der Waals surface area contributed by atoms with Gasteiger partial charge in [0.2, 0.25) is 11.8 Å². The van der Waals surface area contributed by atoms with Crippen molar-refractivity contribution in [3.8, 4) is 0 Å². The zero-order valence-corrected chi connectivity index (χ0v) is 63.8. The second kappa shape index (κ2) is 112. The first kappa shape index (κ1) is 113. The number of carbonyl (C=O) groups is 2. The Balaban J connectivity index is -0.00000245. The molecule has 0 aromatic rings. The Bertz CT molecular complexity index is 4510. The molecule has 0 aliphatic heterocycles. The van der Waals surface area contributed by atoms with E-state index in [2.05, 4.69) is 571 Å². The van der Waals surface area contributed by atoms with Gasteiger partial charge in [0.1, 0.15) is 0 Å². The molecule has 0 bridgehead atoms. The average molecular weight is 1800 g/mol. The number of nitrogens with two attached hydrogens (primary N) is 3. The van der Waals surface area contributed by atoms with Crippen LogP contribution in [0.15, 0.2) is 548 Å². The summed E-state index contributed by atoms with van der Waals surface area (Å²) >= 11 is 0. The molecule has 114 heteroatoms. The van der Waals surface area contributed by atoms with Gasteiger partial charge in [-0.2, -0.15) is 0 Å². The molecule has 0 saturated heterocycles. The number of hydrogen-bond acceptors (Lipinski definition) is 6. The van der Waals surface area contributed by atoms with E-state index in [1.165, 1.54) is 7.05 Å². The molecule has 8 N–H and O–H groups in total. The SMILES string of the molecule is CN.CNC(=O)CCCCCCC(=O)NC.N/N=N/N=N/N=N/N=N/N=N/N=N/N=N/N=N/N=N/N=N/N=N/N=N/N=N/N=N/N=N/N=N/N=N/N=N/N=N/N=N/N=N/N=N/N=N/N=N/N=N/N=N/N=N/N=N/N=N/N=N/N=N/N=N/N=N/N=N/N=N/N=N/N=N/N=N/N=N/N=N/N=N/N=N/N=N/N=N/N=N/N=N/N=N/N=N/N=N/N=N/N=N/N=N/N=C=O.[K+].[NH2-]. The first-order chi connectivity index (χ1) is 61.6. The van der Waals surface area contributed by atoms with Crippen molar-refractivity contribution in [3.05, 3.63) is 6.15 Å². The Morgan fingerprint density at radius 3 is 0.349 bits per heavy atom. The fourth-order valence-electron chi connectivity index (χ4n) is 3.04. The smallest absolute Gasteiger partial charge is 0.693 e. The molecule has 113 nitrogen and oxygen atoms in total. The summed E-state index contributed by atoms with van der Waals surface area (Å²) < 4.78 is 0. The third kappa shape index (κ3) is 114. The third-order valence-electron chi connectivity index (χ3n) is 6.33. The van der Waals surface area contributed by atoms with Crippen LogP contribution < -0.4 is 73.6 Å². The maximum atomic E-state index is 10.8. The van der Waals surface area contributed by atoms with E-state index >= 15 is 0 Å². The van der Waals surface area contributed by atoms with E-state index in [4.69, 9.17) is 0 Å². The van der Waals surface area contributed by atoms with Crippen LogP contribution in [0.4, 0.5) is 0 Å². The van der Waals surface area contributed by atoms with Gasteiger partial charge in [0, 0.05) is 487 Å². The van der Waals surface area contributed by atoms with Crippen LogP contribution in [0.1, 0.15) is 38.5 Å². The molecule has 646 valence electrons. The minimum atomic E-state index is 0. The summed E-state index contributed by atoms with van der Waals surface area (Å²) in [7, 11) is 4.79. The molecule has 2 amide bonds. The minimum Gasteiger partial charge on any atom is -0.693 e. The number of nitrogens with zero attached hydrogens (tertiary/aromatic N) is 105. The van der Waals surface area contributed by atoms with Crippen molar-refractivity contribution in [1.82, 2.24) is 10.6 Å². The van der Waals surface area contributed by atoms with Gasteiger partial charge in [-0.3, -0.25) is 9.59 Å². The number of hydrogen-bond donors (Lipinski definition) is 4. The van der Waals surface area contributed by atoms with Crippen molar-refractivity contribution in [2.75, 3.05) is 21.1 Å². The Morgan fingerprint density at radius 1 is 0.183 bits per heavy atom. The molecule has 126 heavy (non-hydrogen) atoms. The summed E-state index contributed by atoms with van der Waals surface area (Å²) in [5, 5.41) is 318. The Labute approximate surface area is 717 Å². The van der Waals surface area contributed by atoms with Crippen molar-refractivity contribution in [2.45, 2.75) is 38.5 Å². The first-order valence-corrected chi connectivity index (χ1v) is 27.2. The second-order valence-corrected chi connectivity index (χ2v) is 12.8. The zero-order valence-electron chi connectivity index (χ0n) is 60.7. The van der Waals surface area contributed by atoms with Gasteiger partial charge in [-0.05, 0) is 103 Å². The predicted octanol–water partition coefficient (Wildman–Crippen LogP) is 16.4. The van der Waals surface area contributed by atoms with Gasteiger partial charge in [0.05, 0.1) is 0 Å². The third-order valence-corrected chi connectivity index (χ3v) is 6.33. The van der Waals surface area contributed by atoms with Crippen molar-refractivity contribution in [3.63, 3.8) is 0 Å². The molecule has 0 fully saturated rings. The molecule has 0 aromatic heterocycles. The number of unbranched alkanes of at least 4 members (excludes halogenated alkanes) is 3. The van der Waals surface area contributed by atoms with E-state index in [0.717, 1.165) is 31.8 Å². The van der Waals surface area contributed by atoms with Crippen LogP contribution in [-0.4, -0.2) is 39.0 Å². The van der Waals surface area contributed by atoms with Crippen LogP contribution in [0, 0.1) is 0 Å². The number of carbonyl (C=O) groups excluding carboxylic acids is 3. The molecule has 0 aromatic carbocycles. The Morgan fingerprint density at radius 2 is 0.270 bits per heavy atom. The van der Waals surface area contributed by atoms with Gasteiger partial charge < -0.3 is 28.4 Å². The number of rotatable bonds is 59. The van der Waals surface area contributed by atoms with E-state index < -0.39 is 0 Å². The number of amides is 2. The summed E-state index contributed by atoms with van der Waals surface area (Å²) in [6.07, 6.45) is 6.10. The van der Waals surface area contributed by atoms with E-state index in [1.54, 1.807) is 14.1 Å². The number of nitrogens with one attached hydrogen (secondary N) is 2. The normalized spacial score (nSPS) is 14.4. The molecule has 0 unspecified atom stereocenters. The maximum Gasteiger partial charge on any atom is 1.00 e. The first-order valence-electron chi connectivity index (χ1n) is 27.2. The standard InChI is InChI=1S/C10H20N2O2.CH2N106O.CH5N.K.H2N/c1-11-9(13)7-5-3-4-6-8-10(14)12-2;2-4-6-8-10-12-14-16-18-20-22-24-26-28-30-32-34-36-38-40-42-44-46-48-50-52-54-56-58-60-62-64-66-68-70-72-74-76-78-80-82-84-86-88-90-92-94-96-98-100-102-104-106-107-105-103-101-99-97-95-93-91-89-87-85-83-81-79-77-75-73-71-69-67-65-63-61-59-57-55-53-51-49-47-45-43-41-39-37-35-33-31-29-27-25-23-21-19-17-15-13-11-9-7-5-3-1-108;1-2;;/h3-8H2,1-2H3,(H,11,13)(H,12,14);(H2,2,5,6,9,10,13,14,17,18,21,22,25,26,29,30,33,34,37,38,41,42,45,46,49,50,53,54,57,58,61,62,65,66,69,70,73,74,77,78,81,82,85,86,89,90,93,94,97,98,101,102,105,106);2H2,1H3;;1H2/q;;;+1;-1. The van der Waals surface area contributed by atoms with E-state index in [-0.39, 0.29) is 69.3 Å². The Hall–Kier alpha value is -21.1. The fourth-order valence-corrected chi connectivity index (χ4v) is 3.04. The van der Waals surface area contributed by atoms with Gasteiger partial charge in [0.15, 0.2) is 0 Å². The Kier molecular flexibility index (Phi) is 101. The second-order valence-electron chi connectivity index (χ2n) is 12.8. The summed E-state index contributed by atoms with van der Waals surface area (Å²) in [5.41, 5.74) is 4.50. The van der Waals surface area contributed by atoms with Crippen LogP contribution in [0.2, 0.25) is 0 Å². The predicted molar refractivity (Wildman–Crippen MR) is 336 cm³/mol. The molecular formula is C12H29KN110O3. The summed E-state index contributed by atoms with van der Waals surface area (Å²) in [6.45, 7) is 0. The minimum absolute atomic E-state index is 0. The van der Waals surface area contributed by atoms with Crippen molar-refractivity contribution < 1.29 is 65.8 Å². The van der Waals surface area contributed by atoms with Gasteiger partial charge >= 0.3 is 51.4 Å². The van der Waals surface area contributed by atoms with Crippen LogP contribution in [0.3, 0.4) is 0 Å².